The molecule has 2 heterocycles. The Balaban J connectivity index is 1.88. The number of aliphatic hydroxyl groups is 1. The first-order valence-electron chi connectivity index (χ1n) is 6.51. The van der Waals surface area contributed by atoms with Crippen LogP contribution in [0.3, 0.4) is 0 Å². The van der Waals surface area contributed by atoms with Gasteiger partial charge in [0.15, 0.2) is 0 Å². The van der Waals surface area contributed by atoms with Crippen molar-refractivity contribution in [3.63, 3.8) is 0 Å². The molecule has 0 aromatic carbocycles. The zero-order valence-electron chi connectivity index (χ0n) is 10.4. The van der Waals surface area contributed by atoms with Gasteiger partial charge >= 0.3 is 0 Å². The SMILES string of the molecule is CCOC1CN(C(=O)C2CCCNC2)CC1O. The lowest BCUT2D eigenvalue weighted by atomic mass is 9.98. The number of hydrogen-bond acceptors (Lipinski definition) is 4. The summed E-state index contributed by atoms with van der Waals surface area (Å²) in [5.74, 6) is 0.245. The van der Waals surface area contributed by atoms with Crippen LogP contribution in [0.4, 0.5) is 0 Å². The van der Waals surface area contributed by atoms with Crippen molar-refractivity contribution in [3.8, 4) is 0 Å². The number of piperidine rings is 1. The molecule has 0 radical (unpaired) electrons. The Bertz CT molecular complexity index is 266. The predicted octanol–water partition coefficient (Wildman–Crippen LogP) is -0.406. The fraction of sp³-hybridized carbons (Fsp3) is 0.917. The van der Waals surface area contributed by atoms with E-state index in [1.54, 1.807) is 4.90 Å². The number of nitrogens with one attached hydrogen (secondary N) is 1. The second-order valence-corrected chi connectivity index (χ2v) is 4.85. The number of β-amino-alcohol motifs (C(OH)–C–C–N with tert-alkyl or cyclic N) is 1. The lowest BCUT2D eigenvalue weighted by Crippen LogP contribution is -2.42. The van der Waals surface area contributed by atoms with Gasteiger partial charge in [-0.05, 0) is 26.3 Å². The van der Waals surface area contributed by atoms with Crippen molar-refractivity contribution in [3.05, 3.63) is 0 Å². The van der Waals surface area contributed by atoms with Crippen LogP contribution in [0.5, 0.6) is 0 Å². The van der Waals surface area contributed by atoms with Gasteiger partial charge in [-0.15, -0.1) is 0 Å². The van der Waals surface area contributed by atoms with E-state index in [-0.39, 0.29) is 17.9 Å². The van der Waals surface area contributed by atoms with E-state index in [0.29, 0.717) is 19.7 Å². The minimum absolute atomic E-state index is 0.0799. The number of likely N-dealkylation sites (tertiary alicyclic amines) is 1. The molecule has 17 heavy (non-hydrogen) atoms. The second-order valence-electron chi connectivity index (χ2n) is 4.85. The zero-order chi connectivity index (χ0) is 12.3. The molecule has 2 rings (SSSR count). The third-order valence-electron chi connectivity index (χ3n) is 3.58. The molecule has 5 heteroatoms. The van der Waals surface area contributed by atoms with E-state index in [1.165, 1.54) is 0 Å². The first-order valence-corrected chi connectivity index (χ1v) is 6.51. The highest BCUT2D eigenvalue weighted by atomic mass is 16.5. The van der Waals surface area contributed by atoms with E-state index >= 15 is 0 Å². The van der Waals surface area contributed by atoms with E-state index in [9.17, 15) is 9.90 Å². The van der Waals surface area contributed by atoms with Crippen LogP contribution in [0.15, 0.2) is 0 Å². The lowest BCUT2D eigenvalue weighted by molar-refractivity contribution is -0.135. The Kier molecular flexibility index (Phi) is 4.36. The van der Waals surface area contributed by atoms with Gasteiger partial charge in [-0.2, -0.15) is 0 Å². The molecule has 0 aromatic heterocycles. The largest absolute Gasteiger partial charge is 0.388 e. The van der Waals surface area contributed by atoms with Crippen LogP contribution < -0.4 is 5.32 Å². The summed E-state index contributed by atoms with van der Waals surface area (Å²) >= 11 is 0. The van der Waals surface area contributed by atoms with E-state index in [1.807, 2.05) is 6.92 Å². The molecule has 5 nitrogen and oxygen atoms in total. The van der Waals surface area contributed by atoms with Crippen LogP contribution in [0.25, 0.3) is 0 Å². The van der Waals surface area contributed by atoms with E-state index in [2.05, 4.69) is 5.32 Å². The molecule has 3 unspecified atom stereocenters. The Morgan fingerprint density at radius 3 is 3.00 bits per heavy atom. The third-order valence-corrected chi connectivity index (χ3v) is 3.58. The third kappa shape index (κ3) is 2.97. The van der Waals surface area contributed by atoms with Gasteiger partial charge in [0.05, 0.1) is 12.0 Å². The minimum atomic E-state index is -0.532. The highest BCUT2D eigenvalue weighted by Gasteiger charge is 2.37. The van der Waals surface area contributed by atoms with E-state index < -0.39 is 6.10 Å². The predicted molar refractivity (Wildman–Crippen MR) is 63.6 cm³/mol. The molecule has 0 bridgehead atoms. The fourth-order valence-electron chi connectivity index (χ4n) is 2.64. The van der Waals surface area contributed by atoms with Gasteiger partial charge in [-0.1, -0.05) is 0 Å². The Morgan fingerprint density at radius 1 is 1.53 bits per heavy atom. The number of nitrogens with zero attached hydrogens (tertiary/aromatic N) is 1. The Morgan fingerprint density at radius 2 is 2.35 bits per heavy atom. The monoisotopic (exact) mass is 242 g/mol. The molecule has 2 N–H and O–H groups in total. The molecule has 3 atom stereocenters. The first-order chi connectivity index (χ1) is 8.22. The second kappa shape index (κ2) is 5.80. The molecule has 2 fully saturated rings. The molecule has 2 saturated heterocycles. The summed E-state index contributed by atoms with van der Waals surface area (Å²) in [6, 6.07) is 0. The molecule has 0 aliphatic carbocycles. The summed E-state index contributed by atoms with van der Waals surface area (Å²) in [4.78, 5) is 14.0. The molecule has 1 amide bonds. The Labute approximate surface area is 102 Å². The number of ether oxygens (including phenoxy) is 1. The van der Waals surface area contributed by atoms with Crippen molar-refractivity contribution in [2.45, 2.75) is 32.0 Å². The van der Waals surface area contributed by atoms with Crippen LogP contribution in [-0.4, -0.2) is 60.9 Å². The maximum absolute atomic E-state index is 12.2. The molecule has 0 spiro atoms. The van der Waals surface area contributed by atoms with Crippen molar-refractivity contribution >= 4 is 5.91 Å². The average Bonchev–Trinajstić information content (AvgIpc) is 2.72. The average molecular weight is 242 g/mol. The molecule has 0 saturated carbocycles. The van der Waals surface area contributed by atoms with Gasteiger partial charge in [-0.25, -0.2) is 0 Å². The van der Waals surface area contributed by atoms with Gasteiger partial charge in [-0.3, -0.25) is 4.79 Å². The molecule has 2 aliphatic rings. The van der Waals surface area contributed by atoms with Crippen LogP contribution >= 0.6 is 0 Å². The summed E-state index contributed by atoms with van der Waals surface area (Å²) in [6.45, 7) is 5.21. The van der Waals surface area contributed by atoms with Crippen LogP contribution in [0, 0.1) is 5.92 Å². The van der Waals surface area contributed by atoms with Crippen LogP contribution in [0.2, 0.25) is 0 Å². The van der Waals surface area contributed by atoms with E-state index in [0.717, 1.165) is 25.9 Å². The zero-order valence-corrected chi connectivity index (χ0v) is 10.4. The molecule has 0 aromatic rings. The van der Waals surface area contributed by atoms with Crippen LogP contribution in [0.1, 0.15) is 19.8 Å². The molecule has 98 valence electrons. The van der Waals surface area contributed by atoms with Gasteiger partial charge in [0, 0.05) is 26.2 Å². The molecular weight excluding hydrogens is 220 g/mol. The standard InChI is InChI=1S/C12H22N2O3/c1-2-17-11-8-14(7-10(11)15)12(16)9-4-3-5-13-6-9/h9-11,13,15H,2-8H2,1H3. The van der Waals surface area contributed by atoms with Gasteiger partial charge in [0.25, 0.3) is 0 Å². The summed E-state index contributed by atoms with van der Waals surface area (Å²) in [5.41, 5.74) is 0. The lowest BCUT2D eigenvalue weighted by Gasteiger charge is -2.26. The normalized spacial score (nSPS) is 34.0. The number of rotatable bonds is 3. The summed E-state index contributed by atoms with van der Waals surface area (Å²) < 4.78 is 5.42. The number of amides is 1. The van der Waals surface area contributed by atoms with Gasteiger partial charge in [0.2, 0.25) is 5.91 Å². The van der Waals surface area contributed by atoms with Crippen molar-refractivity contribution in [2.75, 3.05) is 32.8 Å². The fourth-order valence-corrected chi connectivity index (χ4v) is 2.64. The number of hydrogen-bond donors (Lipinski definition) is 2. The Hall–Kier alpha value is -0.650. The van der Waals surface area contributed by atoms with Crippen LogP contribution in [-0.2, 0) is 9.53 Å². The summed E-state index contributed by atoms with van der Waals surface area (Å²) in [6.07, 6.45) is 1.27. The molecule has 2 aliphatic heterocycles. The van der Waals surface area contributed by atoms with Crippen molar-refractivity contribution < 1.29 is 14.6 Å². The summed E-state index contributed by atoms with van der Waals surface area (Å²) in [5, 5.41) is 13.0. The highest BCUT2D eigenvalue weighted by Crippen LogP contribution is 2.19. The van der Waals surface area contributed by atoms with E-state index in [4.69, 9.17) is 4.74 Å². The topological polar surface area (TPSA) is 61.8 Å². The van der Waals surface area contributed by atoms with Crippen molar-refractivity contribution in [1.29, 1.82) is 0 Å². The van der Waals surface area contributed by atoms with Crippen molar-refractivity contribution in [2.24, 2.45) is 5.92 Å². The first kappa shape index (κ1) is 12.8. The van der Waals surface area contributed by atoms with Gasteiger partial charge in [0.1, 0.15) is 6.10 Å². The maximum atomic E-state index is 12.2. The number of aliphatic hydroxyl groups excluding tert-OH is 1. The summed E-state index contributed by atoms with van der Waals surface area (Å²) in [7, 11) is 0. The number of carbonyl (C=O) groups excluding carboxylic acids is 1. The smallest absolute Gasteiger partial charge is 0.227 e. The number of carbonyl (C=O) groups is 1. The highest BCUT2D eigenvalue weighted by molar-refractivity contribution is 5.79. The molecular formula is C12H22N2O3. The van der Waals surface area contributed by atoms with Gasteiger partial charge < -0.3 is 20.1 Å². The maximum Gasteiger partial charge on any atom is 0.227 e. The quantitative estimate of drug-likeness (QED) is 0.706. The van der Waals surface area contributed by atoms with Crippen molar-refractivity contribution in [1.82, 2.24) is 10.2 Å². The minimum Gasteiger partial charge on any atom is -0.388 e.